The SMILES string of the molecule is Cc1ccc2nc(C3CCCN(Cc4ccc(C(=O)O)cc4)C3)[nH]c2c1. The van der Waals surface area contributed by atoms with Crippen LogP contribution in [-0.4, -0.2) is 39.0 Å². The summed E-state index contributed by atoms with van der Waals surface area (Å²) in [5.74, 6) is 0.612. The van der Waals surface area contributed by atoms with Crippen LogP contribution in [0.4, 0.5) is 0 Å². The lowest BCUT2D eigenvalue weighted by Gasteiger charge is -2.31. The number of piperidine rings is 1. The van der Waals surface area contributed by atoms with Crippen LogP contribution in [0.5, 0.6) is 0 Å². The maximum Gasteiger partial charge on any atom is 0.335 e. The summed E-state index contributed by atoms with van der Waals surface area (Å²) in [6.07, 6.45) is 2.29. The molecule has 5 heteroatoms. The lowest BCUT2D eigenvalue weighted by Crippen LogP contribution is -2.34. The number of nitrogens with one attached hydrogen (secondary N) is 1. The molecule has 26 heavy (non-hydrogen) atoms. The number of fused-ring (bicyclic) bond motifs is 1. The van der Waals surface area contributed by atoms with E-state index >= 15 is 0 Å². The van der Waals surface area contributed by atoms with Crippen molar-refractivity contribution >= 4 is 17.0 Å². The van der Waals surface area contributed by atoms with Gasteiger partial charge in [0.05, 0.1) is 16.6 Å². The van der Waals surface area contributed by atoms with Crippen LogP contribution in [0.2, 0.25) is 0 Å². The van der Waals surface area contributed by atoms with E-state index in [0.717, 1.165) is 54.9 Å². The molecule has 0 aliphatic carbocycles. The second-order valence-electron chi connectivity index (χ2n) is 7.22. The Morgan fingerprint density at radius 3 is 2.85 bits per heavy atom. The van der Waals surface area contributed by atoms with E-state index in [-0.39, 0.29) is 0 Å². The van der Waals surface area contributed by atoms with Gasteiger partial charge in [-0.05, 0) is 61.7 Å². The molecule has 2 aromatic carbocycles. The number of aromatic amines is 1. The minimum absolute atomic E-state index is 0.336. The zero-order valence-electron chi connectivity index (χ0n) is 14.9. The summed E-state index contributed by atoms with van der Waals surface area (Å²) in [5.41, 5.74) is 4.87. The lowest BCUT2D eigenvalue weighted by molar-refractivity contribution is 0.0697. The quantitative estimate of drug-likeness (QED) is 0.748. The van der Waals surface area contributed by atoms with Crippen LogP contribution in [0.1, 0.15) is 46.1 Å². The van der Waals surface area contributed by atoms with Crippen LogP contribution in [0.25, 0.3) is 11.0 Å². The van der Waals surface area contributed by atoms with Gasteiger partial charge in [0, 0.05) is 19.0 Å². The largest absolute Gasteiger partial charge is 0.478 e. The summed E-state index contributed by atoms with van der Waals surface area (Å²) in [5, 5.41) is 9.01. The molecule has 3 aromatic rings. The van der Waals surface area contributed by atoms with Crippen LogP contribution in [0, 0.1) is 6.92 Å². The van der Waals surface area contributed by atoms with Crippen molar-refractivity contribution in [1.29, 1.82) is 0 Å². The summed E-state index contributed by atoms with van der Waals surface area (Å²) in [7, 11) is 0. The predicted octanol–water partition coefficient (Wildman–Crippen LogP) is 3.95. The highest BCUT2D eigenvalue weighted by atomic mass is 16.4. The predicted molar refractivity (Wildman–Crippen MR) is 101 cm³/mol. The Morgan fingerprint density at radius 2 is 2.08 bits per heavy atom. The normalized spacial score (nSPS) is 18.3. The van der Waals surface area contributed by atoms with Crippen LogP contribution < -0.4 is 0 Å². The first-order valence-corrected chi connectivity index (χ1v) is 9.09. The third-order valence-corrected chi connectivity index (χ3v) is 5.15. The van der Waals surface area contributed by atoms with Gasteiger partial charge < -0.3 is 10.1 Å². The van der Waals surface area contributed by atoms with Crippen molar-refractivity contribution in [2.24, 2.45) is 0 Å². The van der Waals surface area contributed by atoms with Crippen LogP contribution in [-0.2, 0) is 6.54 Å². The number of hydrogen-bond donors (Lipinski definition) is 2. The maximum atomic E-state index is 11.0. The number of rotatable bonds is 4. The summed E-state index contributed by atoms with van der Waals surface area (Å²) in [6, 6.07) is 13.5. The molecular weight excluding hydrogens is 326 g/mol. The van der Waals surface area contributed by atoms with E-state index < -0.39 is 5.97 Å². The van der Waals surface area contributed by atoms with Gasteiger partial charge in [0.2, 0.25) is 0 Å². The Bertz CT molecular complexity index is 930. The minimum atomic E-state index is -0.880. The number of likely N-dealkylation sites (tertiary alicyclic amines) is 1. The van der Waals surface area contributed by atoms with Crippen molar-refractivity contribution in [2.75, 3.05) is 13.1 Å². The van der Waals surface area contributed by atoms with Crippen molar-refractivity contribution in [1.82, 2.24) is 14.9 Å². The lowest BCUT2D eigenvalue weighted by atomic mass is 9.97. The van der Waals surface area contributed by atoms with Crippen molar-refractivity contribution in [3.8, 4) is 0 Å². The molecule has 0 amide bonds. The molecule has 0 radical (unpaired) electrons. The molecule has 0 saturated carbocycles. The number of aryl methyl sites for hydroxylation is 1. The number of nitrogens with zero attached hydrogens (tertiary/aromatic N) is 2. The zero-order valence-corrected chi connectivity index (χ0v) is 14.9. The van der Waals surface area contributed by atoms with E-state index in [0.29, 0.717) is 11.5 Å². The monoisotopic (exact) mass is 349 g/mol. The molecule has 0 bridgehead atoms. The van der Waals surface area contributed by atoms with Gasteiger partial charge in [0.25, 0.3) is 0 Å². The Morgan fingerprint density at radius 1 is 1.27 bits per heavy atom. The first kappa shape index (κ1) is 16.8. The van der Waals surface area contributed by atoms with Crippen LogP contribution >= 0.6 is 0 Å². The molecule has 4 rings (SSSR count). The fourth-order valence-electron chi connectivity index (χ4n) is 3.77. The molecule has 1 aliphatic heterocycles. The molecule has 1 aromatic heterocycles. The standard InChI is InChI=1S/C21H23N3O2/c1-14-4-9-18-19(11-14)23-20(22-18)17-3-2-10-24(13-17)12-15-5-7-16(8-6-15)21(25)26/h4-9,11,17H,2-3,10,12-13H2,1H3,(H,22,23)(H,25,26). The molecule has 134 valence electrons. The fourth-order valence-corrected chi connectivity index (χ4v) is 3.77. The number of carbonyl (C=O) groups is 1. The second kappa shape index (κ2) is 6.92. The topological polar surface area (TPSA) is 69.2 Å². The van der Waals surface area contributed by atoms with Gasteiger partial charge in [-0.25, -0.2) is 9.78 Å². The number of hydrogen-bond acceptors (Lipinski definition) is 3. The van der Waals surface area contributed by atoms with E-state index in [1.165, 1.54) is 5.56 Å². The smallest absolute Gasteiger partial charge is 0.335 e. The summed E-state index contributed by atoms with van der Waals surface area (Å²) >= 11 is 0. The minimum Gasteiger partial charge on any atom is -0.478 e. The van der Waals surface area contributed by atoms with Gasteiger partial charge in [-0.15, -0.1) is 0 Å². The molecular formula is C21H23N3O2. The molecule has 2 heterocycles. The highest BCUT2D eigenvalue weighted by molar-refractivity contribution is 5.87. The van der Waals surface area contributed by atoms with E-state index in [1.807, 2.05) is 12.1 Å². The average Bonchev–Trinajstić information content (AvgIpc) is 3.05. The number of imidazole rings is 1. The Hall–Kier alpha value is -2.66. The first-order valence-electron chi connectivity index (χ1n) is 9.09. The number of aromatic carboxylic acids is 1. The van der Waals surface area contributed by atoms with E-state index in [4.69, 9.17) is 10.1 Å². The van der Waals surface area contributed by atoms with E-state index in [2.05, 4.69) is 35.0 Å². The third kappa shape index (κ3) is 3.48. The molecule has 1 unspecified atom stereocenters. The van der Waals surface area contributed by atoms with E-state index in [9.17, 15) is 4.79 Å². The molecule has 5 nitrogen and oxygen atoms in total. The molecule has 1 fully saturated rings. The summed E-state index contributed by atoms with van der Waals surface area (Å²) < 4.78 is 0. The Labute approximate surface area is 152 Å². The van der Waals surface area contributed by atoms with Gasteiger partial charge in [0.1, 0.15) is 5.82 Å². The van der Waals surface area contributed by atoms with Crippen molar-refractivity contribution in [3.05, 3.63) is 65.0 Å². The number of H-pyrrole nitrogens is 1. The molecule has 0 spiro atoms. The molecule has 1 aliphatic rings. The maximum absolute atomic E-state index is 11.0. The zero-order chi connectivity index (χ0) is 18.1. The van der Waals surface area contributed by atoms with Crippen molar-refractivity contribution in [2.45, 2.75) is 32.2 Å². The second-order valence-corrected chi connectivity index (χ2v) is 7.22. The van der Waals surface area contributed by atoms with Gasteiger partial charge >= 0.3 is 5.97 Å². The number of aromatic nitrogens is 2. The fraction of sp³-hybridized carbons (Fsp3) is 0.333. The number of benzene rings is 2. The third-order valence-electron chi connectivity index (χ3n) is 5.15. The highest BCUT2D eigenvalue weighted by Crippen LogP contribution is 2.28. The number of carboxylic acid groups (broad SMARTS) is 1. The van der Waals surface area contributed by atoms with Crippen molar-refractivity contribution in [3.63, 3.8) is 0 Å². The van der Waals surface area contributed by atoms with E-state index in [1.54, 1.807) is 12.1 Å². The van der Waals surface area contributed by atoms with Gasteiger partial charge in [-0.3, -0.25) is 4.90 Å². The average molecular weight is 349 g/mol. The van der Waals surface area contributed by atoms with Crippen molar-refractivity contribution < 1.29 is 9.90 Å². The Kier molecular flexibility index (Phi) is 4.47. The molecule has 1 atom stereocenters. The molecule has 2 N–H and O–H groups in total. The van der Waals surface area contributed by atoms with Crippen LogP contribution in [0.3, 0.4) is 0 Å². The molecule has 1 saturated heterocycles. The Balaban J connectivity index is 1.47. The van der Waals surface area contributed by atoms with Gasteiger partial charge in [-0.1, -0.05) is 18.2 Å². The van der Waals surface area contributed by atoms with Gasteiger partial charge in [-0.2, -0.15) is 0 Å². The van der Waals surface area contributed by atoms with Gasteiger partial charge in [0.15, 0.2) is 0 Å². The first-order chi connectivity index (χ1) is 12.6. The summed E-state index contributed by atoms with van der Waals surface area (Å²) in [6.45, 7) is 4.98. The van der Waals surface area contributed by atoms with Crippen LogP contribution in [0.15, 0.2) is 42.5 Å². The summed E-state index contributed by atoms with van der Waals surface area (Å²) in [4.78, 5) is 21.7. The highest BCUT2D eigenvalue weighted by Gasteiger charge is 2.24. The number of carboxylic acids is 1.